The lowest BCUT2D eigenvalue weighted by molar-refractivity contribution is 0.592. The van der Waals surface area contributed by atoms with E-state index in [0.717, 1.165) is 27.3 Å². The van der Waals surface area contributed by atoms with Crippen molar-refractivity contribution in [1.29, 1.82) is 0 Å². The van der Waals surface area contributed by atoms with Gasteiger partial charge < -0.3 is 13.7 Å². The van der Waals surface area contributed by atoms with Gasteiger partial charge in [-0.2, -0.15) is 0 Å². The topological polar surface area (TPSA) is 26.9 Å². The zero-order chi connectivity index (χ0) is 43.4. The summed E-state index contributed by atoms with van der Waals surface area (Å²) in [6.07, 6.45) is 0. The van der Waals surface area contributed by atoms with Crippen molar-refractivity contribution >= 4 is 95.5 Å². The highest BCUT2D eigenvalue weighted by molar-refractivity contribution is 7.85. The maximum Gasteiger partial charge on any atom is 0.179 e. The second-order valence-corrected chi connectivity index (χ2v) is 23.4. The van der Waals surface area contributed by atoms with Gasteiger partial charge in [0.25, 0.3) is 0 Å². The molecule has 0 aliphatic carbocycles. The molecule has 0 radical (unpaired) electrons. The van der Waals surface area contributed by atoms with Gasteiger partial charge in [-0.3, -0.25) is 0 Å². The highest BCUT2D eigenvalue weighted by Crippen LogP contribution is 2.42. The van der Waals surface area contributed by atoms with Crippen molar-refractivity contribution in [2.75, 3.05) is 0 Å². The van der Waals surface area contributed by atoms with Gasteiger partial charge >= 0.3 is 0 Å². The van der Waals surface area contributed by atoms with Crippen LogP contribution in [0.4, 0.5) is 0 Å². The minimum Gasteiger partial charge on any atom is -0.309 e. The van der Waals surface area contributed by atoms with Crippen LogP contribution in [0.1, 0.15) is 0 Å². The van der Waals surface area contributed by atoms with Gasteiger partial charge in [0.2, 0.25) is 0 Å². The summed E-state index contributed by atoms with van der Waals surface area (Å²) in [7, 11) is -6.28. The third kappa shape index (κ3) is 6.14. The molecule has 0 aliphatic heterocycles. The van der Waals surface area contributed by atoms with Crippen LogP contribution in [0.2, 0.25) is 0 Å². The third-order valence-electron chi connectivity index (χ3n) is 13.4. The van der Waals surface area contributed by atoms with Gasteiger partial charge in [-0.25, -0.2) is 0 Å². The zero-order valence-electron chi connectivity index (χ0n) is 35.6. The molecule has 0 bridgehead atoms. The second kappa shape index (κ2) is 15.8. The average molecular weight is 867 g/mol. The van der Waals surface area contributed by atoms with E-state index in [0.29, 0.717) is 0 Å². The van der Waals surface area contributed by atoms with Crippen LogP contribution >= 0.6 is 7.14 Å². The molecule has 0 atom stereocenters. The molecule has 0 aliphatic rings. The smallest absolute Gasteiger partial charge is 0.179 e. The Morgan fingerprint density at radius 1 is 0.262 bits per heavy atom. The molecule has 2 aromatic heterocycles. The number of hydrogen-bond acceptors (Lipinski definition) is 1. The molecule has 308 valence electrons. The van der Waals surface area contributed by atoms with E-state index >= 15 is 4.57 Å². The van der Waals surface area contributed by atoms with Gasteiger partial charge in [0, 0.05) is 48.8 Å². The summed E-state index contributed by atoms with van der Waals surface area (Å²) >= 11 is 0. The van der Waals surface area contributed by atoms with Crippen molar-refractivity contribution in [1.82, 2.24) is 9.13 Å². The molecule has 0 saturated carbocycles. The molecule has 12 rings (SSSR count). The van der Waals surface area contributed by atoms with E-state index < -0.39 is 15.2 Å². The summed E-state index contributed by atoms with van der Waals surface area (Å²) in [5.41, 5.74) is 6.98. The first-order valence-corrected chi connectivity index (χ1v) is 25.9. The third-order valence-corrected chi connectivity index (χ3v) is 21.3. The maximum absolute atomic E-state index is 15.7. The van der Waals surface area contributed by atoms with E-state index in [9.17, 15) is 0 Å². The fraction of sp³-hybridized carbons (Fsp3) is 0. The Balaban J connectivity index is 1.08. The maximum atomic E-state index is 15.7. The molecule has 0 saturated heterocycles. The van der Waals surface area contributed by atoms with Crippen LogP contribution in [0.15, 0.2) is 261 Å². The molecule has 0 amide bonds. The molecule has 0 fully saturated rings. The quantitative estimate of drug-likeness (QED) is 0.0807. The fourth-order valence-corrected chi connectivity index (χ4v) is 17.8. The minimum absolute atomic E-state index is 0.818. The lowest BCUT2D eigenvalue weighted by atomic mass is 10.2. The first-order valence-electron chi connectivity index (χ1n) is 22.2. The van der Waals surface area contributed by atoms with Crippen LogP contribution in [-0.4, -0.2) is 17.2 Å². The highest BCUT2D eigenvalue weighted by Gasteiger charge is 2.42. The lowest BCUT2D eigenvalue weighted by Gasteiger charge is -2.35. The summed E-state index contributed by atoms with van der Waals surface area (Å²) in [5.74, 6) is 0. The number of rotatable bonds is 9. The summed E-state index contributed by atoms with van der Waals surface area (Å²) in [4.78, 5) is 0. The normalized spacial score (nSPS) is 12.1. The largest absolute Gasteiger partial charge is 0.309 e. The van der Waals surface area contributed by atoms with Crippen LogP contribution < -0.4 is 36.7 Å². The molecule has 5 heteroatoms. The Hall–Kier alpha value is -7.75. The second-order valence-electron chi connectivity index (χ2n) is 16.8. The fourth-order valence-electron chi connectivity index (χ4n) is 10.5. The van der Waals surface area contributed by atoms with Crippen LogP contribution in [-0.2, 0) is 4.57 Å². The van der Waals surface area contributed by atoms with E-state index in [2.05, 4.69) is 209 Å². The Kier molecular flexibility index (Phi) is 9.45. The lowest BCUT2D eigenvalue weighted by Crippen LogP contribution is -2.74. The average Bonchev–Trinajstić information content (AvgIpc) is 3.91. The van der Waals surface area contributed by atoms with Gasteiger partial charge in [-0.15, -0.1) is 0 Å². The van der Waals surface area contributed by atoms with E-state index in [-0.39, 0.29) is 0 Å². The molecule has 0 spiro atoms. The van der Waals surface area contributed by atoms with Crippen molar-refractivity contribution in [3.05, 3.63) is 261 Å². The van der Waals surface area contributed by atoms with Gasteiger partial charge in [0.15, 0.2) is 15.2 Å². The SMILES string of the molecule is O=P(c1ccccc1)(c1ccccc1)c1ccc([Si](c2ccccc2)(c2ccc(-n3c4ccccc4c4ccccc43)cc2)c2ccc(-n3c4ccccc4c4ccccc43)cc2)cc1. The van der Waals surface area contributed by atoms with Crippen LogP contribution in [0.25, 0.3) is 55.0 Å². The molecular formula is C60H43N2OPSi. The molecule has 0 unspecified atom stereocenters. The number of nitrogens with zero attached hydrogens (tertiary/aromatic N) is 2. The molecule has 10 aromatic carbocycles. The number of hydrogen-bond donors (Lipinski definition) is 0. The first kappa shape index (κ1) is 38.9. The van der Waals surface area contributed by atoms with E-state index in [4.69, 9.17) is 0 Å². The summed E-state index contributed by atoms with van der Waals surface area (Å²) in [5, 5.41) is 12.5. The van der Waals surface area contributed by atoms with Gasteiger partial charge in [0.1, 0.15) is 0 Å². The Morgan fingerprint density at radius 3 is 0.877 bits per heavy atom. The Labute approximate surface area is 379 Å². The molecular weight excluding hydrogens is 824 g/mol. The molecule has 65 heavy (non-hydrogen) atoms. The molecule has 3 nitrogen and oxygen atoms in total. The van der Waals surface area contributed by atoms with Crippen LogP contribution in [0.5, 0.6) is 0 Å². The Morgan fingerprint density at radius 2 is 0.523 bits per heavy atom. The van der Waals surface area contributed by atoms with Gasteiger partial charge in [-0.05, 0) is 69.3 Å². The number of fused-ring (bicyclic) bond motifs is 6. The monoisotopic (exact) mass is 866 g/mol. The van der Waals surface area contributed by atoms with Crippen molar-refractivity contribution < 1.29 is 4.57 Å². The Bertz CT molecular complexity index is 3400. The number of para-hydroxylation sites is 4. The van der Waals surface area contributed by atoms with Crippen molar-refractivity contribution in [3.63, 3.8) is 0 Å². The first-order chi connectivity index (χ1) is 32.1. The summed E-state index contributed by atoms with van der Waals surface area (Å²) in [6, 6.07) is 93.2. The van der Waals surface area contributed by atoms with E-state index in [1.807, 2.05) is 60.7 Å². The van der Waals surface area contributed by atoms with Gasteiger partial charge in [0.05, 0.1) is 22.1 Å². The predicted molar refractivity (Wildman–Crippen MR) is 278 cm³/mol. The zero-order valence-corrected chi connectivity index (χ0v) is 37.5. The van der Waals surface area contributed by atoms with Gasteiger partial charge in [-0.1, -0.05) is 212 Å². The van der Waals surface area contributed by atoms with Crippen molar-refractivity contribution in [3.8, 4) is 11.4 Å². The van der Waals surface area contributed by atoms with E-state index in [1.54, 1.807) is 0 Å². The van der Waals surface area contributed by atoms with Crippen molar-refractivity contribution in [2.45, 2.75) is 0 Å². The van der Waals surface area contributed by atoms with E-state index in [1.165, 1.54) is 64.4 Å². The van der Waals surface area contributed by atoms with Crippen LogP contribution in [0, 0.1) is 0 Å². The van der Waals surface area contributed by atoms with Crippen LogP contribution in [0.3, 0.4) is 0 Å². The molecule has 0 N–H and O–H groups in total. The minimum atomic E-state index is -3.20. The summed E-state index contributed by atoms with van der Waals surface area (Å²) < 4.78 is 20.4. The summed E-state index contributed by atoms with van der Waals surface area (Å²) in [6.45, 7) is 0. The molecule has 2 heterocycles. The number of aromatic nitrogens is 2. The molecule has 12 aromatic rings. The highest BCUT2D eigenvalue weighted by atomic mass is 31.2. The standard InChI is InChI=1S/C60H43N2OPSi/c63-64(46-18-4-1-5-19-46,47-20-6-2-7-21-47)48-36-42-52(43-37-48)65(49-22-8-3-9-23-49,50-38-32-44(33-39-50)61-57-28-14-10-24-53(57)54-25-11-15-29-58(54)61)51-40-34-45(35-41-51)62-59-30-16-12-26-55(59)56-27-13-17-31-60(56)62/h1-43H. The predicted octanol–water partition coefficient (Wildman–Crippen LogP) is 10.9. The van der Waals surface area contributed by atoms with Crippen molar-refractivity contribution in [2.24, 2.45) is 0 Å². The number of benzene rings is 10.